The maximum atomic E-state index is 10.3. The van der Waals surface area contributed by atoms with Crippen LogP contribution in [0.5, 0.6) is 17.2 Å². The Morgan fingerprint density at radius 2 is 1.39 bits per heavy atom. The maximum Gasteiger partial charge on any atom is 4.00 e. The number of benzene rings is 3. The van der Waals surface area contributed by atoms with Gasteiger partial charge in [0.2, 0.25) is 0 Å². The van der Waals surface area contributed by atoms with Gasteiger partial charge in [-0.05, 0) is 54.5 Å². The number of hydrogen-bond donors (Lipinski definition) is 4. The molecule has 3 aromatic rings. The van der Waals surface area contributed by atoms with Crippen molar-refractivity contribution >= 4 is 6.21 Å². The number of nitrogens with one attached hydrogen (secondary N) is 1. The topological polar surface area (TPSA) is 99.2 Å². The Labute approximate surface area is 225 Å². The van der Waals surface area contributed by atoms with Crippen LogP contribution < -0.4 is 5.32 Å². The van der Waals surface area contributed by atoms with Gasteiger partial charge in [0.25, 0.3) is 0 Å². The standard InChI is InChI=1S/C29H36N3O3.Fe/c1-20-8-5-11-23(26(20)33)14-30-17-29(4,18-31-15-24-12-6-9-21(2)27(24)34)19-32-16-25-13-7-10-22(3)28(25)35;/h5-14,31,33-35H,15-19H2,1-4H3;/q-1;+4. The fourth-order valence-corrected chi connectivity index (χ4v) is 3.97. The molecule has 0 saturated heterocycles. The largest absolute Gasteiger partial charge is 4.00 e. The molecule has 0 amide bonds. The number of phenolic OH excluding ortho intramolecular Hbond substituents is 3. The Hall–Kier alpha value is -2.83. The van der Waals surface area contributed by atoms with Gasteiger partial charge in [-0.15, -0.1) is 13.1 Å². The fourth-order valence-electron chi connectivity index (χ4n) is 3.97. The Bertz CT molecular complexity index is 1120. The second-order valence-corrected chi connectivity index (χ2v) is 9.60. The van der Waals surface area contributed by atoms with E-state index in [-0.39, 0.29) is 28.2 Å². The number of aliphatic imine (C=N–C) groups is 1. The third-order valence-corrected chi connectivity index (χ3v) is 6.26. The molecule has 0 aliphatic rings. The average molecular weight is 530 g/mol. The van der Waals surface area contributed by atoms with Crippen LogP contribution >= 0.6 is 0 Å². The zero-order valence-electron chi connectivity index (χ0n) is 21.4. The van der Waals surface area contributed by atoms with Gasteiger partial charge in [-0.1, -0.05) is 55.5 Å². The molecule has 0 aromatic heterocycles. The number of para-hydroxylation sites is 3. The summed E-state index contributed by atoms with van der Waals surface area (Å²) in [6, 6.07) is 17.0. The zero-order valence-corrected chi connectivity index (χ0v) is 22.5. The van der Waals surface area contributed by atoms with Crippen LogP contribution in [-0.2, 0) is 30.2 Å². The van der Waals surface area contributed by atoms with Gasteiger partial charge in [-0.3, -0.25) is 4.99 Å². The van der Waals surface area contributed by atoms with Gasteiger partial charge < -0.3 is 26.0 Å². The molecule has 0 spiro atoms. The monoisotopic (exact) mass is 530 g/mol. The molecule has 6 nitrogen and oxygen atoms in total. The first kappa shape index (κ1) is 29.4. The van der Waals surface area contributed by atoms with Gasteiger partial charge >= 0.3 is 17.1 Å². The molecule has 0 aliphatic carbocycles. The number of hydrogen-bond acceptors (Lipinski definition) is 5. The van der Waals surface area contributed by atoms with Crippen LogP contribution in [0.15, 0.2) is 59.6 Å². The zero-order chi connectivity index (χ0) is 25.4. The van der Waals surface area contributed by atoms with Gasteiger partial charge in [0.1, 0.15) is 17.2 Å². The van der Waals surface area contributed by atoms with Gasteiger partial charge in [-0.25, -0.2) is 0 Å². The van der Waals surface area contributed by atoms with E-state index in [0.29, 0.717) is 49.8 Å². The van der Waals surface area contributed by atoms with Crippen molar-refractivity contribution in [2.75, 3.05) is 19.6 Å². The first-order valence-electron chi connectivity index (χ1n) is 11.9. The van der Waals surface area contributed by atoms with E-state index in [0.717, 1.165) is 27.8 Å². The number of aromatic hydroxyl groups is 3. The Kier molecular flexibility index (Phi) is 11.0. The van der Waals surface area contributed by atoms with Crippen molar-refractivity contribution in [2.45, 2.75) is 40.8 Å². The Morgan fingerprint density at radius 1 is 0.833 bits per heavy atom. The molecule has 3 rings (SSSR count). The smallest absolute Gasteiger partial charge is 0.658 e. The van der Waals surface area contributed by atoms with E-state index in [2.05, 4.69) is 17.2 Å². The first-order chi connectivity index (χ1) is 16.7. The van der Waals surface area contributed by atoms with Crippen molar-refractivity contribution in [2.24, 2.45) is 10.4 Å². The first-order valence-corrected chi connectivity index (χ1v) is 11.9. The normalized spacial score (nSPS) is 12.9. The summed E-state index contributed by atoms with van der Waals surface area (Å²) in [5, 5.41) is 39.1. The minimum atomic E-state index is -0.311. The van der Waals surface area contributed by atoms with E-state index in [4.69, 9.17) is 5.32 Å². The molecule has 36 heavy (non-hydrogen) atoms. The second-order valence-electron chi connectivity index (χ2n) is 9.60. The quantitative estimate of drug-likeness (QED) is 0.194. The third-order valence-electron chi connectivity index (χ3n) is 6.26. The summed E-state index contributed by atoms with van der Waals surface area (Å²) in [6.07, 6.45) is 1.71. The molecule has 0 aliphatic heterocycles. The number of nitrogens with zero attached hydrogens (tertiary/aromatic N) is 2. The molecule has 3 aromatic carbocycles. The van der Waals surface area contributed by atoms with E-state index in [9.17, 15) is 15.3 Å². The van der Waals surface area contributed by atoms with Crippen LogP contribution in [-0.4, -0.2) is 41.2 Å². The van der Waals surface area contributed by atoms with Crippen LogP contribution in [0.1, 0.15) is 40.3 Å². The number of aryl methyl sites for hydroxylation is 3. The van der Waals surface area contributed by atoms with Crippen LogP contribution in [0.3, 0.4) is 0 Å². The van der Waals surface area contributed by atoms with Gasteiger partial charge in [0.05, 0.1) is 0 Å². The summed E-state index contributed by atoms with van der Waals surface area (Å²) in [4.78, 5) is 4.65. The molecule has 0 saturated carbocycles. The van der Waals surface area contributed by atoms with E-state index in [1.807, 2.05) is 75.4 Å². The average Bonchev–Trinajstić information content (AvgIpc) is 2.82. The van der Waals surface area contributed by atoms with E-state index < -0.39 is 0 Å². The number of phenols is 3. The van der Waals surface area contributed by atoms with Crippen molar-refractivity contribution in [3.05, 3.63) is 93.3 Å². The molecule has 0 fully saturated rings. The van der Waals surface area contributed by atoms with Gasteiger partial charge in [-0.2, -0.15) is 0 Å². The fraction of sp³-hybridized carbons (Fsp3) is 0.345. The van der Waals surface area contributed by atoms with Gasteiger partial charge in [0.15, 0.2) is 0 Å². The summed E-state index contributed by atoms with van der Waals surface area (Å²) in [5.74, 6) is 0.846. The predicted octanol–water partition coefficient (Wildman–Crippen LogP) is 5.52. The van der Waals surface area contributed by atoms with Crippen LogP contribution in [0.2, 0.25) is 0 Å². The summed E-state index contributed by atoms with van der Waals surface area (Å²) < 4.78 is 0. The molecule has 7 heteroatoms. The Morgan fingerprint density at radius 3 is 2.06 bits per heavy atom. The molecular formula is C29H36FeN3O3+3. The van der Waals surface area contributed by atoms with Crippen LogP contribution in [0.25, 0.3) is 5.32 Å². The molecule has 1 unspecified atom stereocenters. The van der Waals surface area contributed by atoms with Crippen molar-refractivity contribution < 1.29 is 32.4 Å². The van der Waals surface area contributed by atoms with E-state index in [1.165, 1.54) is 0 Å². The molecule has 0 radical (unpaired) electrons. The Balaban J connectivity index is 0.00000456. The summed E-state index contributed by atoms with van der Waals surface area (Å²) >= 11 is 0. The maximum absolute atomic E-state index is 10.3. The number of rotatable bonds is 11. The molecule has 0 bridgehead atoms. The molecule has 4 N–H and O–H groups in total. The SMILES string of the molecule is Cc1cccc(C=NCC(C)(C[N-]Cc2cccc(C)c2O)CNCc2cccc(C)c2O)c1O.[Fe+4]. The van der Waals surface area contributed by atoms with Crippen molar-refractivity contribution in [1.82, 2.24) is 5.32 Å². The predicted molar refractivity (Wildman–Crippen MR) is 143 cm³/mol. The van der Waals surface area contributed by atoms with Crippen LogP contribution in [0.4, 0.5) is 0 Å². The minimum Gasteiger partial charge on any atom is -0.658 e. The molecular weight excluding hydrogens is 494 g/mol. The summed E-state index contributed by atoms with van der Waals surface area (Å²) in [7, 11) is 0. The molecule has 1 atom stereocenters. The third kappa shape index (κ3) is 7.84. The summed E-state index contributed by atoms with van der Waals surface area (Å²) in [6.45, 7) is 10.3. The second kappa shape index (κ2) is 13.5. The van der Waals surface area contributed by atoms with Crippen molar-refractivity contribution in [3.63, 3.8) is 0 Å². The van der Waals surface area contributed by atoms with Crippen molar-refractivity contribution in [3.8, 4) is 17.2 Å². The van der Waals surface area contributed by atoms with E-state index >= 15 is 0 Å². The van der Waals surface area contributed by atoms with Crippen molar-refractivity contribution in [1.29, 1.82) is 0 Å². The minimum absolute atomic E-state index is 0. The molecule has 0 heterocycles. The summed E-state index contributed by atoms with van der Waals surface area (Å²) in [5.41, 5.74) is 4.52. The molecule has 190 valence electrons. The van der Waals surface area contributed by atoms with E-state index in [1.54, 1.807) is 6.21 Å². The van der Waals surface area contributed by atoms with Gasteiger partial charge in [0, 0.05) is 37.0 Å². The van der Waals surface area contributed by atoms with Crippen LogP contribution in [0, 0.1) is 26.2 Å².